The van der Waals surface area contributed by atoms with E-state index in [-0.39, 0.29) is 0 Å². The van der Waals surface area contributed by atoms with Gasteiger partial charge in [-0.2, -0.15) is 0 Å². The van der Waals surface area contributed by atoms with Crippen LogP contribution in [0.2, 0.25) is 0 Å². The Bertz CT molecular complexity index is 498. The van der Waals surface area contributed by atoms with E-state index in [0.717, 1.165) is 19.4 Å². The monoisotopic (exact) mass is 392 g/mol. The van der Waals surface area contributed by atoms with E-state index in [0.29, 0.717) is 18.9 Å². The van der Waals surface area contributed by atoms with Gasteiger partial charge in [0.2, 0.25) is 0 Å². The number of rotatable bonds is 3. The Hall–Kier alpha value is -0.400. The lowest BCUT2D eigenvalue weighted by molar-refractivity contribution is 0.508. The van der Waals surface area contributed by atoms with Gasteiger partial charge in [-0.1, -0.05) is 15.9 Å². The van der Waals surface area contributed by atoms with Gasteiger partial charge in [-0.05, 0) is 40.8 Å². The predicted octanol–water partition coefficient (Wildman–Crippen LogP) is 3.21. The molecule has 0 saturated heterocycles. The summed E-state index contributed by atoms with van der Waals surface area (Å²) >= 11 is 5.77. The van der Waals surface area contributed by atoms with Gasteiger partial charge in [0.05, 0.1) is 6.20 Å². The molecule has 2 rings (SSSR count). The van der Waals surface area contributed by atoms with E-state index in [2.05, 4.69) is 49.6 Å². The maximum absolute atomic E-state index is 5.62. The summed E-state index contributed by atoms with van der Waals surface area (Å²) in [5.41, 5.74) is 6.47. The molecular weight excluding hydrogens is 383 g/mol. The molecule has 0 unspecified atom stereocenters. The van der Waals surface area contributed by atoms with Gasteiger partial charge in [-0.25, -0.2) is 4.98 Å². The van der Waals surface area contributed by atoms with Crippen LogP contribution in [0.25, 0.3) is 11.3 Å². The molecule has 5 heteroatoms. The number of oxazole rings is 1. The molecule has 2 aromatic rings. The lowest BCUT2D eigenvalue weighted by Gasteiger charge is -2.00. The fourth-order valence-electron chi connectivity index (χ4n) is 1.36. The van der Waals surface area contributed by atoms with Crippen LogP contribution in [-0.4, -0.2) is 11.5 Å². The third-order valence-electron chi connectivity index (χ3n) is 2.11. The summed E-state index contributed by atoms with van der Waals surface area (Å²) in [7, 11) is 0. The Morgan fingerprint density at radius 2 is 2.25 bits per heavy atom. The molecule has 84 valence electrons. The second-order valence-corrected chi connectivity index (χ2v) is 5.38. The summed E-state index contributed by atoms with van der Waals surface area (Å²) in [4.78, 5) is 4.18. The smallest absolute Gasteiger partial charge is 0.196 e. The molecule has 3 nitrogen and oxygen atoms in total. The van der Waals surface area contributed by atoms with Gasteiger partial charge in [-0.15, -0.1) is 0 Å². The first-order chi connectivity index (χ1) is 7.70. The van der Waals surface area contributed by atoms with Crippen molar-refractivity contribution in [2.24, 2.45) is 5.73 Å². The number of hydrogen-bond donors (Lipinski definition) is 1. The van der Waals surface area contributed by atoms with Crippen LogP contribution in [0.4, 0.5) is 0 Å². The second-order valence-electron chi connectivity index (χ2n) is 3.28. The standard InChI is InChI=1S/C11H10BrIN2O/c12-9-2-1-7(13)5-8(9)10-6-15-11(16-10)3-4-14/h1-2,5-6H,3-4,14H2. The Balaban J connectivity index is 2.38. The lowest BCUT2D eigenvalue weighted by atomic mass is 10.2. The van der Waals surface area contributed by atoms with E-state index in [4.69, 9.17) is 10.2 Å². The molecule has 1 aromatic heterocycles. The highest BCUT2D eigenvalue weighted by molar-refractivity contribution is 14.1. The van der Waals surface area contributed by atoms with Crippen LogP contribution in [0.3, 0.4) is 0 Å². The predicted molar refractivity (Wildman–Crippen MR) is 75.1 cm³/mol. The Labute approximate surface area is 116 Å². The Morgan fingerprint density at radius 1 is 1.44 bits per heavy atom. The zero-order chi connectivity index (χ0) is 11.5. The highest BCUT2D eigenvalue weighted by Gasteiger charge is 2.09. The quantitative estimate of drug-likeness (QED) is 0.816. The summed E-state index contributed by atoms with van der Waals surface area (Å²) in [6.07, 6.45) is 2.41. The first-order valence-corrected chi connectivity index (χ1v) is 6.68. The minimum atomic E-state index is 0.549. The summed E-state index contributed by atoms with van der Waals surface area (Å²) in [6.45, 7) is 0.549. The first-order valence-electron chi connectivity index (χ1n) is 4.81. The molecule has 0 fully saturated rings. The molecule has 0 saturated carbocycles. The number of aromatic nitrogens is 1. The van der Waals surface area contributed by atoms with Crippen molar-refractivity contribution in [3.63, 3.8) is 0 Å². The van der Waals surface area contributed by atoms with Crippen molar-refractivity contribution >= 4 is 38.5 Å². The number of hydrogen-bond acceptors (Lipinski definition) is 3. The van der Waals surface area contributed by atoms with Crippen LogP contribution in [0.5, 0.6) is 0 Å². The number of benzene rings is 1. The van der Waals surface area contributed by atoms with Crippen LogP contribution in [0, 0.1) is 3.57 Å². The van der Waals surface area contributed by atoms with Gasteiger partial charge in [0.1, 0.15) is 0 Å². The first kappa shape index (κ1) is 12.1. The summed E-state index contributed by atoms with van der Waals surface area (Å²) in [5, 5.41) is 0. The Kier molecular flexibility index (Phi) is 3.99. The van der Waals surface area contributed by atoms with E-state index in [1.807, 2.05) is 12.1 Å². The maximum atomic E-state index is 5.62. The molecule has 16 heavy (non-hydrogen) atoms. The average Bonchev–Trinajstić information content (AvgIpc) is 2.71. The van der Waals surface area contributed by atoms with Gasteiger partial charge < -0.3 is 10.2 Å². The van der Waals surface area contributed by atoms with E-state index < -0.39 is 0 Å². The fraction of sp³-hybridized carbons (Fsp3) is 0.182. The fourth-order valence-corrected chi connectivity index (χ4v) is 2.29. The van der Waals surface area contributed by atoms with Crippen molar-refractivity contribution in [1.82, 2.24) is 4.98 Å². The van der Waals surface area contributed by atoms with Crippen molar-refractivity contribution in [1.29, 1.82) is 0 Å². The third kappa shape index (κ3) is 2.64. The van der Waals surface area contributed by atoms with E-state index in [1.54, 1.807) is 6.20 Å². The van der Waals surface area contributed by atoms with Crippen molar-refractivity contribution < 1.29 is 4.42 Å². The van der Waals surface area contributed by atoms with Gasteiger partial charge in [0, 0.05) is 26.6 Å². The van der Waals surface area contributed by atoms with Gasteiger partial charge >= 0.3 is 0 Å². The number of nitrogens with zero attached hydrogens (tertiary/aromatic N) is 1. The largest absolute Gasteiger partial charge is 0.441 e. The zero-order valence-corrected chi connectivity index (χ0v) is 12.2. The molecule has 1 heterocycles. The molecule has 0 aliphatic heterocycles. The summed E-state index contributed by atoms with van der Waals surface area (Å²) in [5.74, 6) is 1.46. The molecule has 0 aliphatic rings. The molecule has 1 aromatic carbocycles. The zero-order valence-electron chi connectivity index (χ0n) is 8.41. The maximum Gasteiger partial charge on any atom is 0.196 e. The number of nitrogens with two attached hydrogens (primary N) is 1. The van der Waals surface area contributed by atoms with Crippen LogP contribution < -0.4 is 5.73 Å². The van der Waals surface area contributed by atoms with Crippen LogP contribution in [0.15, 0.2) is 33.3 Å². The van der Waals surface area contributed by atoms with Gasteiger partial charge in [-0.3, -0.25) is 0 Å². The SMILES string of the molecule is NCCc1ncc(-c2cc(I)ccc2Br)o1. The van der Waals surface area contributed by atoms with Crippen molar-refractivity contribution in [2.45, 2.75) is 6.42 Å². The third-order valence-corrected chi connectivity index (χ3v) is 3.47. The van der Waals surface area contributed by atoms with Crippen LogP contribution in [0.1, 0.15) is 5.89 Å². The molecule has 2 N–H and O–H groups in total. The lowest BCUT2D eigenvalue weighted by Crippen LogP contribution is -2.02. The van der Waals surface area contributed by atoms with Gasteiger partial charge in [0.15, 0.2) is 11.7 Å². The van der Waals surface area contributed by atoms with E-state index >= 15 is 0 Å². The van der Waals surface area contributed by atoms with E-state index in [9.17, 15) is 0 Å². The molecule has 0 aliphatic carbocycles. The highest BCUT2D eigenvalue weighted by atomic mass is 127. The normalized spacial score (nSPS) is 10.7. The Morgan fingerprint density at radius 3 is 3.00 bits per heavy atom. The van der Waals surface area contributed by atoms with E-state index in [1.165, 1.54) is 0 Å². The van der Waals surface area contributed by atoms with Crippen molar-refractivity contribution in [3.8, 4) is 11.3 Å². The highest BCUT2D eigenvalue weighted by Crippen LogP contribution is 2.30. The minimum Gasteiger partial charge on any atom is -0.441 e. The van der Waals surface area contributed by atoms with Crippen molar-refractivity contribution in [3.05, 3.63) is 38.3 Å². The topological polar surface area (TPSA) is 52.0 Å². The molecular formula is C11H10BrIN2O. The molecule has 0 radical (unpaired) electrons. The van der Waals surface area contributed by atoms with Gasteiger partial charge in [0.25, 0.3) is 0 Å². The average molecular weight is 393 g/mol. The summed E-state index contributed by atoms with van der Waals surface area (Å²) < 4.78 is 7.78. The molecule has 0 atom stereocenters. The molecule has 0 spiro atoms. The van der Waals surface area contributed by atoms with Crippen LogP contribution >= 0.6 is 38.5 Å². The molecule has 0 bridgehead atoms. The van der Waals surface area contributed by atoms with Crippen molar-refractivity contribution in [2.75, 3.05) is 6.54 Å². The van der Waals surface area contributed by atoms with Crippen LogP contribution in [-0.2, 0) is 6.42 Å². The number of halogens is 2. The summed E-state index contributed by atoms with van der Waals surface area (Å²) in [6, 6.07) is 6.09. The minimum absolute atomic E-state index is 0.549. The second kappa shape index (κ2) is 5.29. The molecule has 0 amide bonds.